The van der Waals surface area contributed by atoms with E-state index in [1.54, 1.807) is 50.4 Å². The largest absolute Gasteiger partial charge is 0.361 e. The summed E-state index contributed by atoms with van der Waals surface area (Å²) in [5, 5.41) is 12.5. The van der Waals surface area contributed by atoms with E-state index in [2.05, 4.69) is 10.3 Å². The molecule has 0 saturated carbocycles. The Hall–Kier alpha value is -3.13. The maximum atomic E-state index is 13.6. The molecule has 5 heteroatoms. The van der Waals surface area contributed by atoms with Crippen LogP contribution < -0.4 is 5.32 Å². The van der Waals surface area contributed by atoms with Crippen molar-refractivity contribution in [3.05, 3.63) is 65.6 Å². The van der Waals surface area contributed by atoms with Crippen molar-refractivity contribution in [1.29, 1.82) is 5.26 Å². The first-order chi connectivity index (χ1) is 11.4. The average molecular weight is 321 g/mol. The first-order valence-electron chi connectivity index (χ1n) is 7.50. The zero-order valence-electron chi connectivity index (χ0n) is 13.4. The molecule has 0 aliphatic heterocycles. The van der Waals surface area contributed by atoms with Crippen LogP contribution in [0.5, 0.6) is 0 Å². The lowest BCUT2D eigenvalue weighted by molar-refractivity contribution is -0.120. The summed E-state index contributed by atoms with van der Waals surface area (Å²) in [6.45, 7) is 3.56. The van der Waals surface area contributed by atoms with Gasteiger partial charge in [-0.1, -0.05) is 6.07 Å². The second-order valence-corrected chi connectivity index (χ2v) is 6.16. The van der Waals surface area contributed by atoms with Gasteiger partial charge in [0.25, 0.3) is 0 Å². The van der Waals surface area contributed by atoms with E-state index < -0.39 is 5.41 Å². The van der Waals surface area contributed by atoms with E-state index in [1.165, 1.54) is 12.1 Å². The number of H-pyrrole nitrogens is 1. The number of nitrogens with zero attached hydrogens (tertiary/aromatic N) is 1. The molecule has 1 amide bonds. The Morgan fingerprint density at radius 2 is 2.04 bits per heavy atom. The van der Waals surface area contributed by atoms with Gasteiger partial charge in [0.15, 0.2) is 0 Å². The maximum Gasteiger partial charge on any atom is 0.234 e. The molecule has 0 unspecified atom stereocenters. The van der Waals surface area contributed by atoms with E-state index in [0.717, 1.165) is 5.52 Å². The molecule has 0 atom stereocenters. The van der Waals surface area contributed by atoms with E-state index in [0.29, 0.717) is 22.2 Å². The number of benzene rings is 2. The SMILES string of the molecule is CC(C)(C(=O)Nc1cccc(C#N)c1)c1c[nH]c2ccc(F)cc12. The molecule has 3 aromatic rings. The topological polar surface area (TPSA) is 68.7 Å². The zero-order valence-corrected chi connectivity index (χ0v) is 13.4. The fraction of sp³-hybridized carbons (Fsp3) is 0.158. The van der Waals surface area contributed by atoms with Crippen LogP contribution in [0.1, 0.15) is 25.0 Å². The summed E-state index contributed by atoms with van der Waals surface area (Å²) in [7, 11) is 0. The smallest absolute Gasteiger partial charge is 0.234 e. The fourth-order valence-corrected chi connectivity index (χ4v) is 2.69. The molecule has 2 aromatic carbocycles. The summed E-state index contributed by atoms with van der Waals surface area (Å²) in [5.41, 5.74) is 1.64. The Morgan fingerprint density at radius 3 is 2.79 bits per heavy atom. The monoisotopic (exact) mass is 321 g/mol. The number of hydrogen-bond donors (Lipinski definition) is 2. The number of halogens is 1. The summed E-state index contributed by atoms with van der Waals surface area (Å²) in [6.07, 6.45) is 1.73. The van der Waals surface area contributed by atoms with Crippen molar-refractivity contribution in [2.75, 3.05) is 5.32 Å². The molecule has 1 aromatic heterocycles. The van der Waals surface area contributed by atoms with Crippen LogP contribution in [0, 0.1) is 17.1 Å². The standard InChI is InChI=1S/C19H16FN3O/c1-19(2,16-11-22-17-7-6-13(20)9-15(16)17)18(24)23-14-5-3-4-12(8-14)10-21/h3-9,11,22H,1-2H3,(H,23,24). The van der Waals surface area contributed by atoms with Gasteiger partial charge in [-0.3, -0.25) is 4.79 Å². The molecule has 0 bridgehead atoms. The highest BCUT2D eigenvalue weighted by Crippen LogP contribution is 2.32. The molecule has 120 valence electrons. The van der Waals surface area contributed by atoms with Gasteiger partial charge in [-0.25, -0.2) is 4.39 Å². The molecule has 4 nitrogen and oxygen atoms in total. The van der Waals surface area contributed by atoms with Gasteiger partial charge in [-0.05, 0) is 55.8 Å². The highest BCUT2D eigenvalue weighted by atomic mass is 19.1. The van der Waals surface area contributed by atoms with Crippen LogP contribution in [-0.2, 0) is 10.2 Å². The number of carbonyl (C=O) groups is 1. The van der Waals surface area contributed by atoms with Gasteiger partial charge in [0.2, 0.25) is 5.91 Å². The van der Waals surface area contributed by atoms with Crippen molar-refractivity contribution < 1.29 is 9.18 Å². The predicted octanol–water partition coefficient (Wildman–Crippen LogP) is 4.09. The molecule has 3 rings (SSSR count). The number of hydrogen-bond acceptors (Lipinski definition) is 2. The molecule has 0 radical (unpaired) electrons. The normalized spacial score (nSPS) is 11.2. The molecule has 0 spiro atoms. The number of aromatic amines is 1. The molecule has 0 aliphatic carbocycles. The van der Waals surface area contributed by atoms with E-state index in [9.17, 15) is 9.18 Å². The fourth-order valence-electron chi connectivity index (χ4n) is 2.69. The van der Waals surface area contributed by atoms with Crippen LogP contribution in [0.25, 0.3) is 10.9 Å². The van der Waals surface area contributed by atoms with Crippen molar-refractivity contribution in [1.82, 2.24) is 4.98 Å². The molecular weight excluding hydrogens is 305 g/mol. The third-order valence-corrected chi connectivity index (χ3v) is 4.13. The first-order valence-corrected chi connectivity index (χ1v) is 7.50. The van der Waals surface area contributed by atoms with Crippen LogP contribution in [-0.4, -0.2) is 10.9 Å². The van der Waals surface area contributed by atoms with Crippen molar-refractivity contribution in [3.8, 4) is 6.07 Å². The Bertz CT molecular complexity index is 966. The Kier molecular flexibility index (Phi) is 3.82. The number of fused-ring (bicyclic) bond motifs is 1. The molecule has 0 fully saturated rings. The van der Waals surface area contributed by atoms with Crippen molar-refractivity contribution in [2.24, 2.45) is 0 Å². The minimum atomic E-state index is -0.880. The van der Waals surface area contributed by atoms with Crippen LogP contribution in [0.15, 0.2) is 48.7 Å². The van der Waals surface area contributed by atoms with Gasteiger partial charge in [-0.2, -0.15) is 5.26 Å². The van der Waals surface area contributed by atoms with Gasteiger partial charge in [0, 0.05) is 22.8 Å². The van der Waals surface area contributed by atoms with Crippen molar-refractivity contribution in [2.45, 2.75) is 19.3 Å². The van der Waals surface area contributed by atoms with Crippen LogP contribution in [0.2, 0.25) is 0 Å². The third kappa shape index (κ3) is 2.74. The van der Waals surface area contributed by atoms with Gasteiger partial charge in [0.1, 0.15) is 5.82 Å². The summed E-state index contributed by atoms with van der Waals surface area (Å²) >= 11 is 0. The zero-order chi connectivity index (χ0) is 17.3. The van der Waals surface area contributed by atoms with Gasteiger partial charge < -0.3 is 10.3 Å². The number of aromatic nitrogens is 1. The van der Waals surface area contributed by atoms with E-state index >= 15 is 0 Å². The second-order valence-electron chi connectivity index (χ2n) is 6.16. The summed E-state index contributed by atoms with van der Waals surface area (Å²) in [4.78, 5) is 15.8. The van der Waals surface area contributed by atoms with Crippen LogP contribution in [0.4, 0.5) is 10.1 Å². The highest BCUT2D eigenvalue weighted by molar-refractivity contribution is 6.01. The van der Waals surface area contributed by atoms with Crippen LogP contribution in [0.3, 0.4) is 0 Å². The quantitative estimate of drug-likeness (QED) is 0.762. The van der Waals surface area contributed by atoms with Crippen LogP contribution >= 0.6 is 0 Å². The molecule has 2 N–H and O–H groups in total. The van der Waals surface area contributed by atoms with Crippen molar-refractivity contribution >= 4 is 22.5 Å². The third-order valence-electron chi connectivity index (χ3n) is 4.13. The molecular formula is C19H16FN3O. The predicted molar refractivity (Wildman–Crippen MR) is 91.1 cm³/mol. The van der Waals surface area contributed by atoms with Gasteiger partial charge in [-0.15, -0.1) is 0 Å². The number of rotatable bonds is 3. The lowest BCUT2D eigenvalue weighted by atomic mass is 9.83. The molecule has 1 heterocycles. The van der Waals surface area contributed by atoms with Crippen molar-refractivity contribution in [3.63, 3.8) is 0 Å². The minimum absolute atomic E-state index is 0.234. The van der Waals surface area contributed by atoms with E-state index in [-0.39, 0.29) is 11.7 Å². The Morgan fingerprint density at radius 1 is 1.25 bits per heavy atom. The van der Waals surface area contributed by atoms with Gasteiger partial charge >= 0.3 is 0 Å². The average Bonchev–Trinajstić information content (AvgIpc) is 2.98. The molecule has 0 aliphatic rings. The Balaban J connectivity index is 1.95. The summed E-state index contributed by atoms with van der Waals surface area (Å²) in [6, 6.07) is 13.2. The maximum absolute atomic E-state index is 13.6. The summed E-state index contributed by atoms with van der Waals surface area (Å²) in [5.74, 6) is -0.580. The number of anilines is 1. The molecule has 24 heavy (non-hydrogen) atoms. The highest BCUT2D eigenvalue weighted by Gasteiger charge is 2.32. The lowest BCUT2D eigenvalue weighted by Gasteiger charge is -2.23. The lowest BCUT2D eigenvalue weighted by Crippen LogP contribution is -2.34. The summed E-state index contributed by atoms with van der Waals surface area (Å²) < 4.78 is 13.6. The number of nitriles is 1. The number of amides is 1. The minimum Gasteiger partial charge on any atom is -0.361 e. The number of carbonyl (C=O) groups excluding carboxylic acids is 1. The first kappa shape index (κ1) is 15.8. The van der Waals surface area contributed by atoms with E-state index in [1.807, 2.05) is 6.07 Å². The van der Waals surface area contributed by atoms with E-state index in [4.69, 9.17) is 5.26 Å². The second kappa shape index (κ2) is 5.82. The van der Waals surface area contributed by atoms with Gasteiger partial charge in [0.05, 0.1) is 17.0 Å². The molecule has 0 saturated heterocycles. The Labute approximate surface area is 138 Å². The number of nitrogens with one attached hydrogen (secondary N) is 2.